The van der Waals surface area contributed by atoms with E-state index in [4.69, 9.17) is 14.2 Å². The summed E-state index contributed by atoms with van der Waals surface area (Å²) in [5.74, 6) is -0.476. The monoisotopic (exact) mass is 360 g/mol. The summed E-state index contributed by atoms with van der Waals surface area (Å²) >= 11 is 0. The van der Waals surface area contributed by atoms with Crippen molar-refractivity contribution < 1.29 is 23.0 Å². The zero-order valence-corrected chi connectivity index (χ0v) is 14.7. The minimum absolute atomic E-state index is 0.345. The number of rotatable bonds is 6. The number of benzene rings is 2. The van der Waals surface area contributed by atoms with E-state index in [2.05, 4.69) is 0 Å². The van der Waals surface area contributed by atoms with Crippen molar-refractivity contribution in [3.05, 3.63) is 54.1 Å². The van der Waals surface area contributed by atoms with E-state index in [0.717, 1.165) is 30.9 Å². The van der Waals surface area contributed by atoms with Gasteiger partial charge >= 0.3 is 0 Å². The maximum atomic E-state index is 13.4. The van der Waals surface area contributed by atoms with Gasteiger partial charge in [0, 0.05) is 0 Å². The number of hydrogen-bond acceptors (Lipinski definition) is 3. The van der Waals surface area contributed by atoms with Crippen LogP contribution in [0.3, 0.4) is 0 Å². The molecule has 4 unspecified atom stereocenters. The third kappa shape index (κ3) is 4.05. The Hall–Kier alpha value is -1.98. The van der Waals surface area contributed by atoms with E-state index < -0.39 is 11.6 Å². The molecule has 1 aliphatic heterocycles. The van der Waals surface area contributed by atoms with Crippen LogP contribution >= 0.6 is 0 Å². The maximum absolute atomic E-state index is 13.4. The van der Waals surface area contributed by atoms with Crippen molar-refractivity contribution in [3.63, 3.8) is 0 Å². The van der Waals surface area contributed by atoms with Crippen LogP contribution < -0.4 is 4.74 Å². The summed E-state index contributed by atoms with van der Waals surface area (Å²) in [7, 11) is 0. The van der Waals surface area contributed by atoms with Gasteiger partial charge < -0.3 is 14.2 Å². The molecule has 0 amide bonds. The molecule has 2 aliphatic rings. The van der Waals surface area contributed by atoms with Crippen LogP contribution in [0.25, 0.3) is 11.1 Å². The number of halogens is 2. The third-order valence-corrected chi connectivity index (χ3v) is 5.09. The number of epoxide rings is 1. The van der Waals surface area contributed by atoms with E-state index in [1.165, 1.54) is 6.07 Å². The molecule has 1 aliphatic carbocycles. The van der Waals surface area contributed by atoms with Crippen molar-refractivity contribution in [3.8, 4) is 16.9 Å². The van der Waals surface area contributed by atoms with E-state index in [-0.39, 0.29) is 6.29 Å². The average molecular weight is 360 g/mol. The van der Waals surface area contributed by atoms with Crippen molar-refractivity contribution in [1.29, 1.82) is 0 Å². The van der Waals surface area contributed by atoms with Crippen molar-refractivity contribution in [1.82, 2.24) is 0 Å². The topological polar surface area (TPSA) is 31.0 Å². The summed E-state index contributed by atoms with van der Waals surface area (Å²) in [6.07, 6.45) is 3.99. The van der Waals surface area contributed by atoms with Gasteiger partial charge in [-0.3, -0.25) is 0 Å². The van der Waals surface area contributed by atoms with Gasteiger partial charge in [0.05, 0.1) is 18.8 Å². The fraction of sp³-hybridized carbons (Fsp3) is 0.429. The first kappa shape index (κ1) is 17.4. The SMILES string of the molecule is CC(OCC1CCC2OC2C1)Oc1ccc(-c2ccc(F)c(F)c2)cc1. The van der Waals surface area contributed by atoms with Crippen LogP contribution in [0.2, 0.25) is 0 Å². The lowest BCUT2D eigenvalue weighted by molar-refractivity contribution is -0.0814. The Labute approximate surface area is 151 Å². The first-order valence-corrected chi connectivity index (χ1v) is 9.07. The van der Waals surface area contributed by atoms with Crippen LogP contribution in [0.1, 0.15) is 26.2 Å². The quantitative estimate of drug-likeness (QED) is 0.540. The molecule has 26 heavy (non-hydrogen) atoms. The molecular weight excluding hydrogens is 338 g/mol. The van der Waals surface area contributed by atoms with E-state index in [0.29, 0.717) is 36.0 Å². The standard InChI is InChI=1S/C21H22F2O3/c1-13(24-12-14-2-9-20-21(10-14)26-20)25-17-6-3-15(4-7-17)16-5-8-18(22)19(23)11-16/h3-8,11,13-14,20-21H,2,9-10,12H2,1H3. The molecule has 1 saturated heterocycles. The Kier molecular flexibility index (Phi) is 4.92. The van der Waals surface area contributed by atoms with E-state index in [9.17, 15) is 8.78 Å². The van der Waals surface area contributed by atoms with Gasteiger partial charge in [-0.05, 0) is 67.5 Å². The summed E-state index contributed by atoms with van der Waals surface area (Å²) in [4.78, 5) is 0. The van der Waals surface area contributed by atoms with Crippen molar-refractivity contribution >= 4 is 0 Å². The lowest BCUT2D eigenvalue weighted by atomic mass is 9.90. The van der Waals surface area contributed by atoms with Gasteiger partial charge in [0.25, 0.3) is 0 Å². The first-order valence-electron chi connectivity index (χ1n) is 9.07. The molecule has 1 saturated carbocycles. The molecule has 2 fully saturated rings. The fourth-order valence-corrected chi connectivity index (χ4v) is 3.54. The van der Waals surface area contributed by atoms with E-state index in [1.807, 2.05) is 19.1 Å². The highest BCUT2D eigenvalue weighted by Crippen LogP contribution is 2.39. The molecule has 0 aromatic heterocycles. The van der Waals surface area contributed by atoms with E-state index >= 15 is 0 Å². The lowest BCUT2D eigenvalue weighted by Gasteiger charge is -2.22. The molecule has 4 rings (SSSR count). The lowest BCUT2D eigenvalue weighted by Crippen LogP contribution is -2.24. The Bertz CT molecular complexity index is 762. The first-order chi connectivity index (χ1) is 12.6. The van der Waals surface area contributed by atoms with Crippen molar-refractivity contribution in [2.75, 3.05) is 6.61 Å². The highest BCUT2D eigenvalue weighted by atomic mass is 19.2. The molecule has 0 N–H and O–H groups in total. The van der Waals surface area contributed by atoms with Crippen molar-refractivity contribution in [2.24, 2.45) is 5.92 Å². The largest absolute Gasteiger partial charge is 0.465 e. The minimum Gasteiger partial charge on any atom is -0.465 e. The van der Waals surface area contributed by atoms with Crippen LogP contribution in [0, 0.1) is 17.6 Å². The number of ether oxygens (including phenoxy) is 3. The number of fused-ring (bicyclic) bond motifs is 1. The normalized spacial score (nSPS) is 25.4. The highest BCUT2D eigenvalue weighted by Gasteiger charge is 2.43. The molecule has 2 aromatic rings. The van der Waals surface area contributed by atoms with Gasteiger partial charge in [-0.25, -0.2) is 8.78 Å². The highest BCUT2D eigenvalue weighted by molar-refractivity contribution is 5.64. The molecule has 0 radical (unpaired) electrons. The Morgan fingerprint density at radius 3 is 2.50 bits per heavy atom. The van der Waals surface area contributed by atoms with Gasteiger partial charge in [0.2, 0.25) is 0 Å². The fourth-order valence-electron chi connectivity index (χ4n) is 3.54. The number of hydrogen-bond donors (Lipinski definition) is 0. The van der Waals surface area contributed by atoms with Crippen molar-refractivity contribution in [2.45, 2.75) is 44.7 Å². The van der Waals surface area contributed by atoms with Crippen LogP contribution in [-0.4, -0.2) is 25.1 Å². The Morgan fingerprint density at radius 1 is 1.00 bits per heavy atom. The molecule has 5 heteroatoms. The predicted octanol–water partition coefficient (Wildman–Crippen LogP) is 4.94. The van der Waals surface area contributed by atoms with Gasteiger partial charge in [-0.1, -0.05) is 18.2 Å². The minimum atomic E-state index is -0.851. The Morgan fingerprint density at radius 2 is 1.77 bits per heavy atom. The molecule has 0 spiro atoms. The maximum Gasteiger partial charge on any atom is 0.196 e. The third-order valence-electron chi connectivity index (χ3n) is 5.09. The second kappa shape index (κ2) is 7.33. The summed E-state index contributed by atoms with van der Waals surface area (Å²) < 4.78 is 43.6. The van der Waals surface area contributed by atoms with Gasteiger partial charge in [-0.15, -0.1) is 0 Å². The smallest absolute Gasteiger partial charge is 0.196 e. The van der Waals surface area contributed by atoms with Crippen LogP contribution in [0.5, 0.6) is 5.75 Å². The molecular formula is C21H22F2O3. The molecule has 1 heterocycles. The second-order valence-electron chi connectivity index (χ2n) is 7.06. The average Bonchev–Trinajstić information content (AvgIpc) is 3.42. The molecule has 0 bridgehead atoms. The van der Waals surface area contributed by atoms with Crippen LogP contribution in [-0.2, 0) is 9.47 Å². The summed E-state index contributed by atoms with van der Waals surface area (Å²) in [6, 6.07) is 11.1. The van der Waals surface area contributed by atoms with Crippen LogP contribution in [0.15, 0.2) is 42.5 Å². The zero-order valence-electron chi connectivity index (χ0n) is 14.7. The summed E-state index contributed by atoms with van der Waals surface area (Å²) in [6.45, 7) is 2.56. The van der Waals surface area contributed by atoms with Gasteiger partial charge in [0.1, 0.15) is 5.75 Å². The van der Waals surface area contributed by atoms with Crippen LogP contribution in [0.4, 0.5) is 8.78 Å². The van der Waals surface area contributed by atoms with Gasteiger partial charge in [-0.2, -0.15) is 0 Å². The molecule has 3 nitrogen and oxygen atoms in total. The zero-order chi connectivity index (χ0) is 18.1. The van der Waals surface area contributed by atoms with E-state index in [1.54, 1.807) is 18.2 Å². The molecule has 2 aromatic carbocycles. The summed E-state index contributed by atoms with van der Waals surface area (Å²) in [5, 5.41) is 0. The molecule has 4 atom stereocenters. The Balaban J connectivity index is 1.29. The predicted molar refractivity (Wildman–Crippen MR) is 93.8 cm³/mol. The molecule has 138 valence electrons. The summed E-state index contributed by atoms with van der Waals surface area (Å²) in [5.41, 5.74) is 1.42. The van der Waals surface area contributed by atoms with Gasteiger partial charge in [0.15, 0.2) is 17.9 Å². The second-order valence-corrected chi connectivity index (χ2v) is 7.06.